The second kappa shape index (κ2) is 21.7. The van der Waals surface area contributed by atoms with Crippen LogP contribution in [-0.2, 0) is 41.5 Å². The van der Waals surface area contributed by atoms with Crippen molar-refractivity contribution in [1.82, 2.24) is 26.3 Å². The highest BCUT2D eigenvalue weighted by atomic mass is 16.6. The second-order valence-corrected chi connectivity index (χ2v) is 16.2. The predicted octanol–water partition coefficient (Wildman–Crippen LogP) is 6.37. The summed E-state index contributed by atoms with van der Waals surface area (Å²) in [6, 6.07) is 11.9. The van der Waals surface area contributed by atoms with Gasteiger partial charge in [0.2, 0.25) is 11.8 Å². The fraction of sp³-hybridized carbons (Fsp3) is 0.435. The highest BCUT2D eigenvalue weighted by Crippen LogP contribution is 2.26. The summed E-state index contributed by atoms with van der Waals surface area (Å²) < 4.78 is 11.0. The number of hydrogen-bond donors (Lipinski definition) is 7. The number of benzene rings is 3. The van der Waals surface area contributed by atoms with Crippen molar-refractivity contribution in [1.29, 1.82) is 0 Å². The first-order chi connectivity index (χ1) is 28.8. The third kappa shape index (κ3) is 14.1. The number of unbranched alkanes of at least 4 members (excludes halogenated alkanes) is 1. The van der Waals surface area contributed by atoms with Crippen molar-refractivity contribution in [2.45, 2.75) is 118 Å². The van der Waals surface area contributed by atoms with Gasteiger partial charge >= 0.3 is 24.1 Å². The molecule has 3 aromatic carbocycles. The third-order valence-electron chi connectivity index (χ3n) is 10.7. The summed E-state index contributed by atoms with van der Waals surface area (Å²) in [5.41, 5.74) is 7.96. The van der Waals surface area contributed by atoms with Crippen molar-refractivity contribution in [2.24, 2.45) is 0 Å². The SMILES string of the molecule is Cc1c(C)c(C)c(CCOC(=O)[C@H](CC(=O)O)NC(=O)[C@H](CCCCNC(=O)Nc2ccccc2)NC(=O)[C@H](Cc2c[nH]c3ccccc23)NC(=O)OC(C)(C)C)c(C)c1C. The first-order valence-electron chi connectivity index (χ1n) is 20.5. The van der Waals surface area contributed by atoms with E-state index in [1.54, 1.807) is 51.2 Å². The molecule has 15 heteroatoms. The molecule has 1 aromatic heterocycles. The molecule has 15 nitrogen and oxygen atoms in total. The molecule has 0 radical (unpaired) electrons. The van der Waals surface area contributed by atoms with Crippen LogP contribution in [-0.4, -0.2) is 82.8 Å². The molecule has 3 atom stereocenters. The zero-order valence-electron chi connectivity index (χ0n) is 36.4. The summed E-state index contributed by atoms with van der Waals surface area (Å²) in [6.45, 7) is 15.4. The normalized spacial score (nSPS) is 12.7. The number of carboxylic acid groups (broad SMARTS) is 1. The van der Waals surface area contributed by atoms with E-state index in [2.05, 4.69) is 38.5 Å². The Hall–Kier alpha value is -6.38. The van der Waals surface area contributed by atoms with E-state index in [-0.39, 0.29) is 26.0 Å². The maximum absolute atomic E-state index is 14.1. The fourth-order valence-corrected chi connectivity index (χ4v) is 7.04. The fourth-order valence-electron chi connectivity index (χ4n) is 7.04. The number of carbonyl (C=O) groups excluding carboxylic acids is 5. The van der Waals surface area contributed by atoms with Gasteiger partial charge in [-0.3, -0.25) is 14.4 Å². The number of H-pyrrole nitrogens is 1. The quantitative estimate of drug-likeness (QED) is 0.0412. The standard InChI is InChI=1S/C46H60N6O9/c1-27-28(2)30(4)34(31(5)29(27)3)21-23-60-43(57)39(25-40(53)54)51-41(55)37(20-14-15-22-47-44(58)49-33-16-10-9-11-17-33)50-42(56)38(52-45(59)61-46(6,7)8)24-32-26-48-36-19-13-12-18-35(32)36/h9-13,16-19,26,37-39,48H,14-15,20-25H2,1-8H3,(H,50,56)(H,51,55)(H,52,59)(H,53,54)(H2,47,49,58)/t37-,38-,39-/m0/s1. The summed E-state index contributed by atoms with van der Waals surface area (Å²) in [4.78, 5) is 82.2. The Kier molecular flexibility index (Phi) is 16.9. The van der Waals surface area contributed by atoms with Crippen LogP contribution in [0, 0.1) is 34.6 Å². The first kappa shape index (κ1) is 47.3. The van der Waals surface area contributed by atoms with E-state index >= 15 is 0 Å². The van der Waals surface area contributed by atoms with Crippen LogP contribution in [0.4, 0.5) is 15.3 Å². The van der Waals surface area contributed by atoms with Gasteiger partial charge in [0.25, 0.3) is 0 Å². The molecule has 61 heavy (non-hydrogen) atoms. The average molecular weight is 841 g/mol. The van der Waals surface area contributed by atoms with Crippen LogP contribution < -0.4 is 26.6 Å². The van der Waals surface area contributed by atoms with Crippen molar-refractivity contribution in [3.63, 3.8) is 0 Å². The van der Waals surface area contributed by atoms with Gasteiger partial charge in [-0.25, -0.2) is 14.4 Å². The summed E-state index contributed by atoms with van der Waals surface area (Å²) in [6.07, 6.45) is 1.28. The number of ether oxygens (including phenoxy) is 2. The Morgan fingerprint density at radius 2 is 1.34 bits per heavy atom. The second-order valence-electron chi connectivity index (χ2n) is 16.2. The van der Waals surface area contributed by atoms with Crippen molar-refractivity contribution in [3.05, 3.63) is 99.7 Å². The molecule has 1 heterocycles. The van der Waals surface area contributed by atoms with E-state index in [1.165, 1.54) is 5.56 Å². The Labute approximate surface area is 357 Å². The van der Waals surface area contributed by atoms with Crippen molar-refractivity contribution < 1.29 is 43.3 Å². The summed E-state index contributed by atoms with van der Waals surface area (Å²) in [5.74, 6) is -3.83. The average Bonchev–Trinajstić information content (AvgIpc) is 3.61. The molecule has 0 saturated carbocycles. The molecule has 0 aliphatic carbocycles. The molecule has 7 N–H and O–H groups in total. The Bertz CT molecular complexity index is 2170. The number of aromatic amines is 1. The van der Waals surface area contributed by atoms with Crippen LogP contribution >= 0.6 is 0 Å². The van der Waals surface area contributed by atoms with Gasteiger partial charge in [-0.15, -0.1) is 0 Å². The molecule has 328 valence electrons. The minimum Gasteiger partial charge on any atom is -0.481 e. The number of amides is 5. The molecular weight excluding hydrogens is 781 g/mol. The number of aliphatic carboxylic acids is 1. The maximum Gasteiger partial charge on any atom is 0.408 e. The molecule has 0 spiro atoms. The number of para-hydroxylation sites is 2. The maximum atomic E-state index is 14.1. The van der Waals surface area contributed by atoms with E-state index in [9.17, 15) is 33.9 Å². The van der Waals surface area contributed by atoms with Gasteiger partial charge in [0.05, 0.1) is 13.0 Å². The number of fused-ring (bicyclic) bond motifs is 1. The lowest BCUT2D eigenvalue weighted by molar-refractivity contribution is -0.152. The van der Waals surface area contributed by atoms with Crippen LogP contribution in [0.25, 0.3) is 10.9 Å². The number of carboxylic acids is 1. The zero-order chi connectivity index (χ0) is 44.9. The lowest BCUT2D eigenvalue weighted by atomic mass is 9.88. The van der Waals surface area contributed by atoms with E-state index in [0.717, 1.165) is 44.3 Å². The van der Waals surface area contributed by atoms with Gasteiger partial charge in [-0.05, 0) is 132 Å². The number of anilines is 1. The van der Waals surface area contributed by atoms with Crippen LogP contribution in [0.3, 0.4) is 0 Å². The number of esters is 1. The number of nitrogens with one attached hydrogen (secondary N) is 6. The molecule has 0 bridgehead atoms. The monoisotopic (exact) mass is 840 g/mol. The molecule has 0 saturated heterocycles. The van der Waals surface area contributed by atoms with Crippen LogP contribution in [0.2, 0.25) is 0 Å². The van der Waals surface area contributed by atoms with Gasteiger partial charge in [0.15, 0.2) is 0 Å². The minimum atomic E-state index is -1.57. The highest BCUT2D eigenvalue weighted by Gasteiger charge is 2.32. The van der Waals surface area contributed by atoms with E-state index in [0.29, 0.717) is 24.9 Å². The molecular formula is C46H60N6O9. The smallest absolute Gasteiger partial charge is 0.408 e. The van der Waals surface area contributed by atoms with E-state index < -0.39 is 66.0 Å². The van der Waals surface area contributed by atoms with Crippen LogP contribution in [0.5, 0.6) is 0 Å². The summed E-state index contributed by atoms with van der Waals surface area (Å²) in [5, 5.41) is 24.0. The Morgan fingerprint density at radius 1 is 0.738 bits per heavy atom. The Morgan fingerprint density at radius 3 is 2.00 bits per heavy atom. The van der Waals surface area contributed by atoms with Gasteiger partial charge < -0.3 is 46.1 Å². The molecule has 5 amide bonds. The predicted molar refractivity (Wildman–Crippen MR) is 233 cm³/mol. The molecule has 0 aliphatic rings. The first-order valence-corrected chi connectivity index (χ1v) is 20.5. The summed E-state index contributed by atoms with van der Waals surface area (Å²) >= 11 is 0. The van der Waals surface area contributed by atoms with E-state index in [1.807, 2.05) is 58.0 Å². The summed E-state index contributed by atoms with van der Waals surface area (Å²) in [7, 11) is 0. The van der Waals surface area contributed by atoms with Crippen LogP contribution in [0.1, 0.15) is 85.4 Å². The topological polar surface area (TPSA) is 217 Å². The van der Waals surface area contributed by atoms with Gasteiger partial charge in [-0.1, -0.05) is 36.4 Å². The molecule has 4 aromatic rings. The molecule has 4 rings (SSSR count). The van der Waals surface area contributed by atoms with Crippen molar-refractivity contribution in [3.8, 4) is 0 Å². The lowest BCUT2D eigenvalue weighted by Gasteiger charge is -2.26. The number of urea groups is 1. The largest absolute Gasteiger partial charge is 0.481 e. The molecule has 0 fully saturated rings. The van der Waals surface area contributed by atoms with Crippen molar-refractivity contribution >= 4 is 52.5 Å². The van der Waals surface area contributed by atoms with Gasteiger partial charge in [0.1, 0.15) is 23.7 Å². The molecule has 0 unspecified atom stereocenters. The van der Waals surface area contributed by atoms with E-state index in [4.69, 9.17) is 9.47 Å². The number of hydrogen-bond acceptors (Lipinski definition) is 8. The highest BCUT2D eigenvalue weighted by molar-refractivity contribution is 5.94. The van der Waals surface area contributed by atoms with Crippen molar-refractivity contribution in [2.75, 3.05) is 18.5 Å². The number of alkyl carbamates (subject to hydrolysis) is 1. The minimum absolute atomic E-state index is 0.0246. The number of rotatable bonds is 19. The lowest BCUT2D eigenvalue weighted by Crippen LogP contribution is -2.56. The third-order valence-corrected chi connectivity index (χ3v) is 10.7. The number of carbonyl (C=O) groups is 6. The molecule has 0 aliphatic heterocycles. The van der Waals surface area contributed by atoms with Gasteiger partial charge in [-0.2, -0.15) is 0 Å². The zero-order valence-corrected chi connectivity index (χ0v) is 36.4. The Balaban J connectivity index is 1.52. The van der Waals surface area contributed by atoms with Crippen LogP contribution in [0.15, 0.2) is 60.8 Å². The number of aromatic nitrogens is 1. The van der Waals surface area contributed by atoms with Gasteiger partial charge in [0, 0.05) is 42.2 Å².